The minimum Gasteiger partial charge on any atom is -0.497 e. The number of fused-ring (bicyclic) bond motifs is 1. The number of likely N-dealkylation sites (N-methyl/N-ethyl adjacent to an activating group) is 2. The predicted molar refractivity (Wildman–Crippen MR) is 114 cm³/mol. The standard InChI is InChI=1S/C22H28N4O/c1-16-6-5-7-17-14-18(15-24-19-8-10-20(27-4)11-9-19)22(25-21(16)17)26(3)13-12-23-2/h5-11,14,23-24H,12-13,15H2,1-4H3. The third kappa shape index (κ3) is 4.49. The molecule has 0 aliphatic carbocycles. The number of aromatic nitrogens is 1. The van der Waals surface area contributed by atoms with E-state index in [0.29, 0.717) is 6.54 Å². The van der Waals surface area contributed by atoms with E-state index >= 15 is 0 Å². The fraction of sp³-hybridized carbons (Fsp3) is 0.318. The van der Waals surface area contributed by atoms with Gasteiger partial charge in [-0.05, 0) is 49.9 Å². The van der Waals surface area contributed by atoms with Gasteiger partial charge in [0.15, 0.2) is 0 Å². The monoisotopic (exact) mass is 364 g/mol. The first-order valence-corrected chi connectivity index (χ1v) is 9.25. The van der Waals surface area contributed by atoms with E-state index in [-0.39, 0.29) is 0 Å². The lowest BCUT2D eigenvalue weighted by Gasteiger charge is -2.22. The second kappa shape index (κ2) is 8.73. The molecule has 27 heavy (non-hydrogen) atoms. The van der Waals surface area contributed by atoms with Crippen LogP contribution in [0.3, 0.4) is 0 Å². The van der Waals surface area contributed by atoms with Gasteiger partial charge in [-0.3, -0.25) is 0 Å². The van der Waals surface area contributed by atoms with Gasteiger partial charge in [0.25, 0.3) is 0 Å². The number of methoxy groups -OCH3 is 1. The molecule has 5 heteroatoms. The van der Waals surface area contributed by atoms with Crippen LogP contribution in [0.25, 0.3) is 10.9 Å². The molecular weight excluding hydrogens is 336 g/mol. The molecule has 5 nitrogen and oxygen atoms in total. The molecule has 0 saturated heterocycles. The molecule has 0 spiro atoms. The summed E-state index contributed by atoms with van der Waals surface area (Å²) in [5, 5.41) is 7.89. The van der Waals surface area contributed by atoms with Crippen LogP contribution >= 0.6 is 0 Å². The molecule has 0 saturated carbocycles. The van der Waals surface area contributed by atoms with Crippen LogP contribution in [-0.2, 0) is 6.54 Å². The topological polar surface area (TPSA) is 49.4 Å². The maximum Gasteiger partial charge on any atom is 0.134 e. The summed E-state index contributed by atoms with van der Waals surface area (Å²) in [7, 11) is 5.75. The first-order valence-electron chi connectivity index (χ1n) is 9.25. The molecular formula is C22H28N4O. The number of anilines is 2. The van der Waals surface area contributed by atoms with Crippen molar-refractivity contribution in [3.8, 4) is 5.75 Å². The molecule has 0 atom stereocenters. The van der Waals surface area contributed by atoms with Gasteiger partial charge in [-0.2, -0.15) is 0 Å². The van der Waals surface area contributed by atoms with E-state index in [9.17, 15) is 0 Å². The fourth-order valence-electron chi connectivity index (χ4n) is 3.13. The average Bonchev–Trinajstić information content (AvgIpc) is 2.70. The molecule has 0 unspecified atom stereocenters. The third-order valence-electron chi connectivity index (χ3n) is 4.74. The Morgan fingerprint density at radius 1 is 1.11 bits per heavy atom. The summed E-state index contributed by atoms with van der Waals surface area (Å²) >= 11 is 0. The zero-order chi connectivity index (χ0) is 19.2. The summed E-state index contributed by atoms with van der Waals surface area (Å²) in [6.07, 6.45) is 0. The molecule has 3 rings (SSSR count). The van der Waals surface area contributed by atoms with E-state index in [1.165, 1.54) is 16.5 Å². The molecule has 0 aliphatic heterocycles. The van der Waals surface area contributed by atoms with Crippen molar-refractivity contribution in [2.45, 2.75) is 13.5 Å². The number of pyridine rings is 1. The van der Waals surface area contributed by atoms with Gasteiger partial charge < -0.3 is 20.3 Å². The number of para-hydroxylation sites is 1. The van der Waals surface area contributed by atoms with Gasteiger partial charge in [0.05, 0.1) is 12.6 Å². The van der Waals surface area contributed by atoms with Gasteiger partial charge in [0, 0.05) is 43.3 Å². The number of aryl methyl sites for hydroxylation is 1. The first-order chi connectivity index (χ1) is 13.1. The summed E-state index contributed by atoms with van der Waals surface area (Å²) in [5.74, 6) is 1.88. The van der Waals surface area contributed by atoms with Crippen LogP contribution < -0.4 is 20.3 Å². The normalized spacial score (nSPS) is 10.8. The molecule has 0 amide bonds. The molecule has 1 heterocycles. The van der Waals surface area contributed by atoms with E-state index < -0.39 is 0 Å². The van der Waals surface area contributed by atoms with Gasteiger partial charge in [0.1, 0.15) is 11.6 Å². The van der Waals surface area contributed by atoms with Gasteiger partial charge in [-0.1, -0.05) is 18.2 Å². The SMILES string of the molecule is CNCCN(C)c1nc2c(C)cccc2cc1CNc1ccc(OC)cc1. The second-order valence-corrected chi connectivity index (χ2v) is 6.72. The summed E-state index contributed by atoms with van der Waals surface area (Å²) in [5.41, 5.74) is 4.51. The third-order valence-corrected chi connectivity index (χ3v) is 4.74. The molecule has 0 aliphatic rings. The lowest BCUT2D eigenvalue weighted by Crippen LogP contribution is -2.29. The molecule has 3 aromatic rings. The molecule has 2 N–H and O–H groups in total. The number of ether oxygens (including phenoxy) is 1. The van der Waals surface area contributed by atoms with E-state index in [0.717, 1.165) is 35.9 Å². The van der Waals surface area contributed by atoms with Gasteiger partial charge in [-0.15, -0.1) is 0 Å². The lowest BCUT2D eigenvalue weighted by molar-refractivity contribution is 0.415. The predicted octanol–water partition coefficient (Wildman–Crippen LogP) is 3.82. The van der Waals surface area contributed by atoms with Crippen molar-refractivity contribution in [3.63, 3.8) is 0 Å². The van der Waals surface area contributed by atoms with E-state index in [4.69, 9.17) is 9.72 Å². The number of nitrogens with one attached hydrogen (secondary N) is 2. The van der Waals surface area contributed by atoms with Crippen LogP contribution in [0.1, 0.15) is 11.1 Å². The highest BCUT2D eigenvalue weighted by molar-refractivity contribution is 5.84. The Morgan fingerprint density at radius 3 is 2.59 bits per heavy atom. The van der Waals surface area contributed by atoms with Crippen molar-refractivity contribution >= 4 is 22.4 Å². The van der Waals surface area contributed by atoms with Crippen LogP contribution in [-0.4, -0.2) is 39.3 Å². The van der Waals surface area contributed by atoms with Crippen LogP contribution in [0.4, 0.5) is 11.5 Å². The lowest BCUT2D eigenvalue weighted by atomic mass is 10.1. The summed E-state index contributed by atoms with van der Waals surface area (Å²) in [6.45, 7) is 4.64. The van der Waals surface area contributed by atoms with Crippen molar-refractivity contribution in [1.82, 2.24) is 10.3 Å². The Bertz CT molecular complexity index is 893. The average molecular weight is 364 g/mol. The Kier molecular flexibility index (Phi) is 6.14. The Labute approximate surface area is 161 Å². The largest absolute Gasteiger partial charge is 0.497 e. The molecule has 0 fully saturated rings. The highest BCUT2D eigenvalue weighted by atomic mass is 16.5. The van der Waals surface area contributed by atoms with Crippen LogP contribution in [0.2, 0.25) is 0 Å². The zero-order valence-corrected chi connectivity index (χ0v) is 16.5. The second-order valence-electron chi connectivity index (χ2n) is 6.72. The minimum atomic E-state index is 0.711. The van der Waals surface area contributed by atoms with Crippen molar-refractivity contribution in [1.29, 1.82) is 0 Å². The van der Waals surface area contributed by atoms with Gasteiger partial charge in [0.2, 0.25) is 0 Å². The Balaban J connectivity index is 1.90. The van der Waals surface area contributed by atoms with Crippen molar-refractivity contribution in [2.24, 2.45) is 0 Å². The van der Waals surface area contributed by atoms with E-state index in [1.807, 2.05) is 31.3 Å². The van der Waals surface area contributed by atoms with Gasteiger partial charge in [-0.25, -0.2) is 4.98 Å². The summed E-state index contributed by atoms with van der Waals surface area (Å²) in [6, 6.07) is 16.6. The summed E-state index contributed by atoms with van der Waals surface area (Å²) < 4.78 is 5.23. The van der Waals surface area contributed by atoms with Crippen LogP contribution in [0.5, 0.6) is 5.75 Å². The molecule has 1 aromatic heterocycles. The van der Waals surface area contributed by atoms with E-state index in [1.54, 1.807) is 7.11 Å². The molecule has 0 bridgehead atoms. The maximum absolute atomic E-state index is 5.23. The minimum absolute atomic E-state index is 0.711. The van der Waals surface area contributed by atoms with Crippen molar-refractivity contribution in [3.05, 3.63) is 59.7 Å². The number of hydrogen-bond donors (Lipinski definition) is 2. The Hall–Kier alpha value is -2.79. The van der Waals surface area contributed by atoms with Gasteiger partial charge >= 0.3 is 0 Å². The van der Waals surface area contributed by atoms with Crippen LogP contribution in [0, 0.1) is 6.92 Å². The van der Waals surface area contributed by atoms with Crippen LogP contribution in [0.15, 0.2) is 48.5 Å². The van der Waals surface area contributed by atoms with Crippen molar-refractivity contribution < 1.29 is 4.74 Å². The highest BCUT2D eigenvalue weighted by Crippen LogP contribution is 2.26. The number of rotatable bonds is 8. The zero-order valence-electron chi connectivity index (χ0n) is 16.5. The quantitative estimate of drug-likeness (QED) is 0.636. The number of benzene rings is 2. The number of nitrogens with zero attached hydrogens (tertiary/aromatic N) is 2. The smallest absolute Gasteiger partial charge is 0.134 e. The first kappa shape index (κ1) is 19.0. The highest BCUT2D eigenvalue weighted by Gasteiger charge is 2.12. The Morgan fingerprint density at radius 2 is 1.89 bits per heavy atom. The number of hydrogen-bond acceptors (Lipinski definition) is 5. The molecule has 0 radical (unpaired) electrons. The molecule has 2 aromatic carbocycles. The maximum atomic E-state index is 5.23. The molecule has 142 valence electrons. The summed E-state index contributed by atoms with van der Waals surface area (Å²) in [4.78, 5) is 7.22. The van der Waals surface area contributed by atoms with Crippen molar-refractivity contribution in [2.75, 3.05) is 44.5 Å². The fourth-order valence-corrected chi connectivity index (χ4v) is 3.13. The van der Waals surface area contributed by atoms with E-state index in [2.05, 4.69) is 53.8 Å².